The number of halogens is 3. The average Bonchev–Trinajstić information content (AvgIpc) is 3.00. The zero-order valence-corrected chi connectivity index (χ0v) is 27.3. The van der Waals surface area contributed by atoms with Crippen LogP contribution in [0.15, 0.2) is 102 Å². The zero-order valence-electron chi connectivity index (χ0n) is 24.2. The van der Waals surface area contributed by atoms with Gasteiger partial charge in [0.05, 0.1) is 10.6 Å². The molecule has 4 aromatic carbocycles. The molecule has 0 heterocycles. The van der Waals surface area contributed by atoms with Crippen LogP contribution in [0.4, 0.5) is 5.69 Å². The number of aryl methyl sites for hydroxylation is 1. The molecule has 1 N–H and O–H groups in total. The molecule has 0 saturated carbocycles. The molecule has 7 nitrogen and oxygen atoms in total. The van der Waals surface area contributed by atoms with Gasteiger partial charge >= 0.3 is 0 Å². The second-order valence-corrected chi connectivity index (χ2v) is 13.2. The van der Waals surface area contributed by atoms with Gasteiger partial charge in [-0.1, -0.05) is 89.4 Å². The Bertz CT molecular complexity index is 1700. The molecular weight excluding hydrogens is 641 g/mol. The van der Waals surface area contributed by atoms with Gasteiger partial charge in [-0.25, -0.2) is 8.42 Å². The first-order chi connectivity index (χ1) is 21.0. The lowest BCUT2D eigenvalue weighted by Crippen LogP contribution is -2.53. The van der Waals surface area contributed by atoms with E-state index in [4.69, 9.17) is 34.8 Å². The molecule has 1 atom stereocenters. The number of rotatable bonds is 12. The first-order valence-electron chi connectivity index (χ1n) is 13.9. The Morgan fingerprint density at radius 3 is 2.05 bits per heavy atom. The van der Waals surface area contributed by atoms with Crippen molar-refractivity contribution in [2.75, 3.05) is 17.4 Å². The number of sulfonamides is 1. The van der Waals surface area contributed by atoms with Crippen LogP contribution < -0.4 is 9.62 Å². The summed E-state index contributed by atoms with van der Waals surface area (Å²) in [6.45, 7) is 3.09. The number of likely N-dealkylation sites (N-methyl/N-ethyl adjacent to an activating group) is 1. The third-order valence-corrected chi connectivity index (χ3v) is 9.77. The summed E-state index contributed by atoms with van der Waals surface area (Å²) in [6, 6.07) is 25.8. The van der Waals surface area contributed by atoms with E-state index in [2.05, 4.69) is 5.32 Å². The summed E-state index contributed by atoms with van der Waals surface area (Å²) in [5.74, 6) is -1.02. The Morgan fingerprint density at radius 2 is 1.45 bits per heavy atom. The average molecular weight is 673 g/mol. The van der Waals surface area contributed by atoms with Gasteiger partial charge in [0.25, 0.3) is 10.0 Å². The monoisotopic (exact) mass is 671 g/mol. The minimum absolute atomic E-state index is 0.00686. The van der Waals surface area contributed by atoms with Gasteiger partial charge in [-0.3, -0.25) is 13.9 Å². The lowest BCUT2D eigenvalue weighted by molar-refractivity contribution is -0.140. The quantitative estimate of drug-likeness (QED) is 0.177. The summed E-state index contributed by atoms with van der Waals surface area (Å²) in [7, 11) is -4.23. The van der Waals surface area contributed by atoms with E-state index in [9.17, 15) is 18.0 Å². The van der Waals surface area contributed by atoms with E-state index >= 15 is 0 Å². The highest BCUT2D eigenvalue weighted by Gasteiger charge is 2.35. The van der Waals surface area contributed by atoms with E-state index < -0.39 is 34.4 Å². The number of amides is 2. The molecular formula is C33H32Cl3N3O4S. The van der Waals surface area contributed by atoms with Crippen LogP contribution in [0.1, 0.15) is 23.6 Å². The highest BCUT2D eigenvalue weighted by Crippen LogP contribution is 2.31. The predicted molar refractivity (Wildman–Crippen MR) is 177 cm³/mol. The van der Waals surface area contributed by atoms with Gasteiger partial charge in [0.1, 0.15) is 12.6 Å². The first kappa shape index (κ1) is 33.3. The van der Waals surface area contributed by atoms with Crippen molar-refractivity contribution in [2.45, 2.75) is 37.8 Å². The minimum Gasteiger partial charge on any atom is -0.355 e. The number of hydrogen-bond acceptors (Lipinski definition) is 4. The van der Waals surface area contributed by atoms with Gasteiger partial charge < -0.3 is 10.2 Å². The van der Waals surface area contributed by atoms with Crippen LogP contribution in [0.2, 0.25) is 15.1 Å². The summed E-state index contributed by atoms with van der Waals surface area (Å²) in [6.07, 6.45) is 0.173. The highest BCUT2D eigenvalue weighted by atomic mass is 35.5. The fraction of sp³-hybridized carbons (Fsp3) is 0.212. The largest absolute Gasteiger partial charge is 0.355 e. The Labute approximate surface area is 273 Å². The van der Waals surface area contributed by atoms with Crippen molar-refractivity contribution in [1.29, 1.82) is 0 Å². The van der Waals surface area contributed by atoms with E-state index in [-0.39, 0.29) is 23.5 Å². The zero-order chi connectivity index (χ0) is 31.9. The van der Waals surface area contributed by atoms with E-state index in [0.29, 0.717) is 32.7 Å². The summed E-state index contributed by atoms with van der Waals surface area (Å²) in [5.41, 5.74) is 2.08. The molecule has 2 amide bonds. The molecule has 0 spiro atoms. The second-order valence-electron chi connectivity index (χ2n) is 10.1. The molecule has 0 aliphatic carbocycles. The SMILES string of the molecule is CCNC(=O)[C@H](Cc1ccccc1)N(Cc1c(Cl)cccc1Cl)C(=O)CN(c1ccc(Cl)cc1C)S(=O)(=O)c1ccccc1. The maximum Gasteiger partial charge on any atom is 0.264 e. The topological polar surface area (TPSA) is 86.8 Å². The third-order valence-electron chi connectivity index (χ3n) is 7.05. The third kappa shape index (κ3) is 7.93. The van der Waals surface area contributed by atoms with Gasteiger partial charge in [0.15, 0.2) is 0 Å². The fourth-order valence-corrected chi connectivity index (χ4v) is 7.07. The molecule has 0 aliphatic rings. The number of nitrogens with zero attached hydrogens (tertiary/aromatic N) is 2. The molecule has 4 aromatic rings. The molecule has 0 bridgehead atoms. The number of nitrogens with one attached hydrogen (secondary N) is 1. The molecule has 0 radical (unpaired) electrons. The number of carbonyl (C=O) groups excluding carboxylic acids is 2. The standard InChI is InChI=1S/C33H32Cl3N3O4S/c1-3-37-33(41)31(20-24-11-6-4-7-12-24)38(21-27-28(35)15-10-16-29(27)36)32(40)22-39(30-18-17-25(34)19-23(30)2)44(42,43)26-13-8-5-9-14-26/h4-19,31H,3,20-22H2,1-2H3,(H,37,41)/t31-/m0/s1. The van der Waals surface area contributed by atoms with Crippen molar-refractivity contribution < 1.29 is 18.0 Å². The predicted octanol–water partition coefficient (Wildman–Crippen LogP) is 6.93. The van der Waals surface area contributed by atoms with Crippen LogP contribution >= 0.6 is 34.8 Å². The molecule has 4 rings (SSSR count). The van der Waals surface area contributed by atoms with Gasteiger partial charge in [0, 0.05) is 40.1 Å². The Kier molecular flexibility index (Phi) is 11.3. The van der Waals surface area contributed by atoms with E-state index in [1.165, 1.54) is 17.0 Å². The molecule has 0 aromatic heterocycles. The molecule has 44 heavy (non-hydrogen) atoms. The lowest BCUT2D eigenvalue weighted by Gasteiger charge is -2.34. The molecule has 11 heteroatoms. The molecule has 0 fully saturated rings. The van der Waals surface area contributed by atoms with Crippen LogP contribution in [-0.4, -0.2) is 44.3 Å². The van der Waals surface area contributed by atoms with Crippen LogP contribution in [0.3, 0.4) is 0 Å². The van der Waals surface area contributed by atoms with E-state index in [0.717, 1.165) is 9.87 Å². The van der Waals surface area contributed by atoms with Crippen molar-refractivity contribution >= 4 is 62.3 Å². The fourth-order valence-electron chi connectivity index (χ4n) is 4.83. The van der Waals surface area contributed by atoms with Crippen molar-refractivity contribution in [3.05, 3.63) is 129 Å². The van der Waals surface area contributed by atoms with Crippen molar-refractivity contribution in [1.82, 2.24) is 10.2 Å². The summed E-state index contributed by atoms with van der Waals surface area (Å²) in [4.78, 5) is 29.4. The van der Waals surface area contributed by atoms with Crippen LogP contribution in [-0.2, 0) is 32.6 Å². The molecule has 0 unspecified atom stereocenters. The maximum absolute atomic E-state index is 14.5. The maximum atomic E-state index is 14.5. The van der Waals surface area contributed by atoms with Crippen molar-refractivity contribution in [2.24, 2.45) is 0 Å². The van der Waals surface area contributed by atoms with Crippen LogP contribution in [0.5, 0.6) is 0 Å². The highest BCUT2D eigenvalue weighted by molar-refractivity contribution is 7.92. The Hall–Kier alpha value is -3.56. The summed E-state index contributed by atoms with van der Waals surface area (Å²) < 4.78 is 29.2. The number of benzene rings is 4. The molecule has 230 valence electrons. The number of anilines is 1. The second kappa shape index (κ2) is 14.9. The number of carbonyl (C=O) groups is 2. The van der Waals surface area contributed by atoms with Gasteiger partial charge in [0.2, 0.25) is 11.8 Å². The normalized spacial score (nSPS) is 11.9. The van der Waals surface area contributed by atoms with Gasteiger partial charge in [-0.2, -0.15) is 0 Å². The molecule has 0 aliphatic heterocycles. The summed E-state index contributed by atoms with van der Waals surface area (Å²) in [5, 5.41) is 3.87. The number of hydrogen-bond donors (Lipinski definition) is 1. The van der Waals surface area contributed by atoms with Gasteiger partial charge in [-0.05, 0) is 67.4 Å². The van der Waals surface area contributed by atoms with Gasteiger partial charge in [-0.15, -0.1) is 0 Å². The van der Waals surface area contributed by atoms with E-state index in [1.54, 1.807) is 68.4 Å². The molecule has 0 saturated heterocycles. The minimum atomic E-state index is -4.23. The van der Waals surface area contributed by atoms with E-state index in [1.807, 2.05) is 30.3 Å². The lowest BCUT2D eigenvalue weighted by atomic mass is 10.0. The van der Waals surface area contributed by atoms with Crippen molar-refractivity contribution in [3.8, 4) is 0 Å². The Morgan fingerprint density at radius 1 is 0.841 bits per heavy atom. The summed E-state index contributed by atoms with van der Waals surface area (Å²) >= 11 is 19.3. The Balaban J connectivity index is 1.85. The van der Waals surface area contributed by atoms with Crippen LogP contribution in [0.25, 0.3) is 0 Å². The first-order valence-corrected chi connectivity index (χ1v) is 16.5. The smallest absolute Gasteiger partial charge is 0.264 e. The van der Waals surface area contributed by atoms with Crippen molar-refractivity contribution in [3.63, 3.8) is 0 Å². The van der Waals surface area contributed by atoms with Crippen LogP contribution in [0, 0.1) is 6.92 Å².